The minimum atomic E-state index is -2.69. The van der Waals surface area contributed by atoms with E-state index in [9.17, 15) is 86.1 Å². The molecule has 8 amide bonds. The molecule has 54 heteroatoms. The molecule has 0 aromatic rings. The molecular weight excluding hydrogens is 1850 g/mol. The maximum atomic E-state index is 14.1. The van der Waals surface area contributed by atoms with E-state index in [1.54, 1.807) is 0 Å². The zero-order chi connectivity index (χ0) is 101. The van der Waals surface area contributed by atoms with E-state index in [-0.39, 0.29) is 178 Å². The van der Waals surface area contributed by atoms with Crippen molar-refractivity contribution in [2.24, 2.45) is 0 Å². The Labute approximate surface area is 786 Å². The topological polar surface area (TPSA) is 667 Å². The molecule has 0 bridgehead atoms. The van der Waals surface area contributed by atoms with Crippen molar-refractivity contribution in [1.82, 2.24) is 42.5 Å². The van der Waals surface area contributed by atoms with Crippen LogP contribution in [0.4, 0.5) is 0 Å². The number of rotatable bonds is 71. The summed E-state index contributed by atoms with van der Waals surface area (Å²) in [6.45, 7) is 11.5. The van der Waals surface area contributed by atoms with Gasteiger partial charge < -0.3 is 165 Å². The Bertz CT molecular complexity index is 3780. The molecule has 53 nitrogen and oxygen atoms in total. The first-order valence-corrected chi connectivity index (χ1v) is 44.9. The first-order chi connectivity index (χ1) is 64.9. The highest BCUT2D eigenvalue weighted by molar-refractivity contribution is 7.33. The van der Waals surface area contributed by atoms with Crippen LogP contribution in [-0.2, 0) is 209 Å². The highest BCUT2D eigenvalue weighted by atomic mass is 31.1. The minimum Gasteiger partial charge on any atom is -0.463 e. The summed E-state index contributed by atoms with van der Waals surface area (Å²) < 4.78 is 156. The zero-order valence-corrected chi connectivity index (χ0v) is 79.5. The van der Waals surface area contributed by atoms with Crippen molar-refractivity contribution in [3.05, 3.63) is 0 Å². The third-order valence-corrected chi connectivity index (χ3v) is 19.1. The fourth-order valence-electron chi connectivity index (χ4n) is 12.8. The zero-order valence-electron chi connectivity index (χ0n) is 78.5. The van der Waals surface area contributed by atoms with Gasteiger partial charge in [-0.25, -0.2) is 0 Å². The van der Waals surface area contributed by atoms with Crippen LogP contribution in [0.15, 0.2) is 0 Å². The molecule has 0 spiro atoms. The number of hydrogen-bond donors (Lipinski definition) is 8. The first-order valence-electron chi connectivity index (χ1n) is 43.7. The summed E-state index contributed by atoms with van der Waals surface area (Å²) in [7, 11) is -2.69. The Balaban J connectivity index is 1.78. The van der Waals surface area contributed by atoms with E-state index in [2.05, 4.69) is 42.5 Å². The monoisotopic (exact) mass is 1980 g/mol. The predicted octanol–water partition coefficient (Wildman–Crippen LogP) is -4.24. The van der Waals surface area contributed by atoms with Gasteiger partial charge in [0.05, 0.1) is 164 Å². The lowest BCUT2D eigenvalue weighted by Gasteiger charge is -2.44. The number of nitriles is 1. The van der Waals surface area contributed by atoms with Gasteiger partial charge in [0.2, 0.25) is 47.3 Å². The fourth-order valence-corrected chi connectivity index (χ4v) is 13.4. The SMILES string of the molecule is CC(=O)NC1C(OCCOCCNC(=O)CC[C@H](NC(=O)CC[C@H](NC(=O)CCOCCOCCOCCOCCOCCOCCO[PH](=O)OCCC#N)C(=O)NCCOCCOC2OC(COC(C)=O)C(OC(C)=O)C(OC(C)=O)C2NC(C)=O)C(=O)NCCOCCOC2OC(COC(C)=O)C(OC(C)=O)C(OC(C)=O)C2NC(C)=O)OC(COC(C)=O)C(OC(C)=O)C1OC(C)=O. The molecule has 0 radical (unpaired) electrons. The van der Waals surface area contributed by atoms with Crippen LogP contribution in [0.5, 0.6) is 0 Å². The largest absolute Gasteiger partial charge is 0.463 e. The van der Waals surface area contributed by atoms with Crippen LogP contribution in [0.2, 0.25) is 0 Å². The van der Waals surface area contributed by atoms with E-state index in [0.29, 0.717) is 13.2 Å². The van der Waals surface area contributed by atoms with Gasteiger partial charge in [-0.15, -0.1) is 0 Å². The summed E-state index contributed by atoms with van der Waals surface area (Å²) >= 11 is 0. The number of nitrogens with zero attached hydrogens (tertiary/aromatic N) is 1. The van der Waals surface area contributed by atoms with E-state index in [1.807, 2.05) is 6.07 Å². The van der Waals surface area contributed by atoms with Crippen LogP contribution in [0.3, 0.4) is 0 Å². The van der Waals surface area contributed by atoms with Crippen molar-refractivity contribution < 1.29 is 209 Å². The normalized spacial score (nSPS) is 21.8. The maximum Gasteiger partial charge on any atom is 0.319 e. The van der Waals surface area contributed by atoms with Crippen molar-refractivity contribution in [3.63, 3.8) is 0 Å². The molecular formula is C82H132N9O44P. The second-order valence-corrected chi connectivity index (χ2v) is 30.7. The first kappa shape index (κ1) is 120. The van der Waals surface area contributed by atoms with Gasteiger partial charge in [0, 0.05) is 122 Å². The number of hydrogen-bond acceptors (Lipinski definition) is 45. The van der Waals surface area contributed by atoms with Crippen LogP contribution >= 0.6 is 8.25 Å². The van der Waals surface area contributed by atoms with E-state index >= 15 is 0 Å². The lowest BCUT2D eigenvalue weighted by atomic mass is 9.96. The minimum absolute atomic E-state index is 0.0183. The van der Waals surface area contributed by atoms with Crippen LogP contribution < -0.4 is 42.5 Å². The van der Waals surface area contributed by atoms with Crippen molar-refractivity contribution in [3.8, 4) is 6.07 Å². The molecule has 3 rings (SSSR count). The van der Waals surface area contributed by atoms with Gasteiger partial charge >= 0.3 is 62.0 Å². The van der Waals surface area contributed by atoms with Gasteiger partial charge in [-0.3, -0.25) is 86.1 Å². The van der Waals surface area contributed by atoms with Crippen LogP contribution in [0.25, 0.3) is 0 Å². The van der Waals surface area contributed by atoms with E-state index in [0.717, 1.165) is 83.1 Å². The number of esters is 9. The van der Waals surface area contributed by atoms with Gasteiger partial charge in [0.15, 0.2) is 55.5 Å². The molecule has 3 aliphatic heterocycles. The summed E-state index contributed by atoms with van der Waals surface area (Å²) in [6.07, 6.45) is -18.4. The lowest BCUT2D eigenvalue weighted by Crippen LogP contribution is -2.66. The van der Waals surface area contributed by atoms with Gasteiger partial charge in [0.1, 0.15) is 68.3 Å². The number of ether oxygens (including phenoxy) is 24. The fraction of sp³-hybridized carbons (Fsp3) is 0.780. The van der Waals surface area contributed by atoms with Crippen LogP contribution in [0, 0.1) is 11.3 Å². The average molecular weight is 1980 g/mol. The number of carbonyl (C=O) groups excluding carboxylic acids is 17. The number of carbonyl (C=O) groups is 17. The summed E-state index contributed by atoms with van der Waals surface area (Å²) in [6, 6.07) is -4.90. The molecule has 3 saturated heterocycles. The molecule has 774 valence electrons. The van der Waals surface area contributed by atoms with Crippen molar-refractivity contribution >= 4 is 109 Å². The number of amides is 8. The highest BCUT2D eigenvalue weighted by Crippen LogP contribution is 2.32. The summed E-state index contributed by atoms with van der Waals surface area (Å²) in [4.78, 5) is 216. The standard InChI is InChI=1S/C82H132N9O44P/c1-49(92)87-69-75(130-58(10)101)72(127-55(7)98)63(46-122-52(4)95)133-80(69)119-42-38-111-25-20-84-66(104)16-14-61(78(107)85-21-26-112-39-43-120-81-70(88-50(2)93)76(131-59(11)102)73(128-56(8)99)64(134-81)47-123-53(5)96)90-67(105)17-15-62(91-68(106)18-24-110-28-29-114-30-31-115-32-33-116-34-35-117-36-37-118-41-45-126-136(109)125-23-13-19-83)79(108)86-22-27-113-40-44-121-82-71(89-51(3)94)77(132-60(12)103)74(129-57(9)100)65(135-82)48-124-54(6)97/h61-65,69-77,80-82,136H,13-18,20-48H2,1-12H3,(H,84,104)(H,85,107)(H,86,108)(H,87,92)(H,88,93)(H,89,94)(H,90,105)(H,91,106)/t61-,62-,63?,64?,65?,69?,70?,71?,72?,73?,74?,75?,76?,77?,80?,81?,82?/m0/s1. The Morgan fingerprint density at radius 2 is 0.574 bits per heavy atom. The number of nitrogens with one attached hydrogen (secondary N) is 8. The summed E-state index contributed by atoms with van der Waals surface area (Å²) in [5.74, 6) is -12.8. The van der Waals surface area contributed by atoms with Crippen molar-refractivity contribution in [1.29, 1.82) is 5.26 Å². The van der Waals surface area contributed by atoms with Gasteiger partial charge in [-0.1, -0.05) is 0 Å². The van der Waals surface area contributed by atoms with Crippen LogP contribution in [-0.4, -0.2) is 396 Å². The smallest absolute Gasteiger partial charge is 0.319 e. The Morgan fingerprint density at radius 3 is 0.875 bits per heavy atom. The second kappa shape index (κ2) is 70.6. The Kier molecular flexibility index (Phi) is 62.4. The van der Waals surface area contributed by atoms with Crippen molar-refractivity contribution in [2.45, 2.75) is 226 Å². The molecule has 0 saturated carbocycles. The lowest BCUT2D eigenvalue weighted by molar-refractivity contribution is -0.279. The molecule has 3 fully saturated rings. The second-order valence-electron chi connectivity index (χ2n) is 29.6. The van der Waals surface area contributed by atoms with Gasteiger partial charge in [-0.2, -0.15) is 5.26 Å². The van der Waals surface area contributed by atoms with E-state index < -0.39 is 252 Å². The molecule has 0 aromatic heterocycles. The molecule has 18 atom stereocenters. The van der Waals surface area contributed by atoms with Gasteiger partial charge in [-0.05, 0) is 12.8 Å². The van der Waals surface area contributed by atoms with E-state index in [4.69, 9.17) is 128 Å². The average Bonchev–Trinajstić information content (AvgIpc) is 0.794. The maximum absolute atomic E-state index is 14.1. The Morgan fingerprint density at radius 1 is 0.309 bits per heavy atom. The third-order valence-electron chi connectivity index (χ3n) is 18.2. The van der Waals surface area contributed by atoms with Crippen LogP contribution in [0.1, 0.15) is 122 Å². The molecule has 136 heavy (non-hydrogen) atoms. The van der Waals surface area contributed by atoms with E-state index in [1.165, 1.54) is 0 Å². The molecule has 3 heterocycles. The molecule has 16 unspecified atom stereocenters. The summed E-state index contributed by atoms with van der Waals surface area (Å²) in [5.41, 5.74) is 0. The molecule has 8 N–H and O–H groups in total. The third kappa shape index (κ3) is 54.2. The highest BCUT2D eigenvalue weighted by Gasteiger charge is 2.55. The van der Waals surface area contributed by atoms with Crippen molar-refractivity contribution in [2.75, 3.05) is 191 Å². The van der Waals surface area contributed by atoms with Gasteiger partial charge in [0.25, 0.3) is 0 Å². The molecule has 0 aliphatic carbocycles. The molecule has 3 aliphatic rings. The molecule has 0 aromatic carbocycles. The predicted molar refractivity (Wildman–Crippen MR) is 454 cm³/mol. The Hall–Kier alpha value is -9.97. The quantitative estimate of drug-likeness (QED) is 0.0124. The summed E-state index contributed by atoms with van der Waals surface area (Å²) in [5, 5.41) is 29.3.